The molecular weight excluding hydrogens is 237 g/mol. The third-order valence-electron chi connectivity index (χ3n) is 3.84. The predicted octanol–water partition coefficient (Wildman–Crippen LogP) is 4.48. The third kappa shape index (κ3) is 5.73. The zero-order chi connectivity index (χ0) is 14.3. The zero-order valence-electron chi connectivity index (χ0n) is 12.8. The van der Waals surface area contributed by atoms with Gasteiger partial charge in [-0.05, 0) is 61.9 Å². The van der Waals surface area contributed by atoms with Gasteiger partial charge in [-0.15, -0.1) is 0 Å². The van der Waals surface area contributed by atoms with Crippen molar-refractivity contribution in [1.29, 1.82) is 0 Å². The van der Waals surface area contributed by atoms with Crippen LogP contribution in [0.4, 0.5) is 4.39 Å². The molecule has 0 aliphatic rings. The average molecular weight is 265 g/mol. The van der Waals surface area contributed by atoms with E-state index in [0.29, 0.717) is 12.0 Å². The third-order valence-corrected chi connectivity index (χ3v) is 3.84. The Morgan fingerprint density at radius 2 is 2.00 bits per heavy atom. The minimum absolute atomic E-state index is 0.126. The molecule has 1 N–H and O–H groups in total. The molecule has 0 radical (unpaired) electrons. The van der Waals surface area contributed by atoms with Crippen molar-refractivity contribution in [3.63, 3.8) is 0 Å². The lowest BCUT2D eigenvalue weighted by molar-refractivity contribution is 0.391. The molecule has 0 bridgehead atoms. The van der Waals surface area contributed by atoms with Gasteiger partial charge in [-0.25, -0.2) is 4.39 Å². The molecule has 1 aromatic carbocycles. The van der Waals surface area contributed by atoms with Gasteiger partial charge in [-0.1, -0.05) is 33.3 Å². The van der Waals surface area contributed by atoms with Gasteiger partial charge in [-0.3, -0.25) is 0 Å². The Balaban J connectivity index is 2.71. The first-order valence-electron chi connectivity index (χ1n) is 7.55. The quantitative estimate of drug-likeness (QED) is 0.730. The fourth-order valence-corrected chi connectivity index (χ4v) is 2.37. The summed E-state index contributed by atoms with van der Waals surface area (Å²) in [6, 6.07) is 5.56. The van der Waals surface area contributed by atoms with Crippen molar-refractivity contribution in [3.8, 4) is 0 Å². The Hall–Kier alpha value is -0.890. The van der Waals surface area contributed by atoms with Crippen molar-refractivity contribution >= 4 is 0 Å². The summed E-state index contributed by atoms with van der Waals surface area (Å²) in [7, 11) is 0. The van der Waals surface area contributed by atoms with Crippen LogP contribution in [0.2, 0.25) is 0 Å². The number of aryl methyl sites for hydroxylation is 1. The smallest absolute Gasteiger partial charge is 0.123 e. The summed E-state index contributed by atoms with van der Waals surface area (Å²) in [4.78, 5) is 0. The van der Waals surface area contributed by atoms with Crippen LogP contribution in [0.25, 0.3) is 0 Å². The molecule has 0 aromatic heterocycles. The number of hydrogen-bond donors (Lipinski definition) is 1. The summed E-state index contributed by atoms with van der Waals surface area (Å²) in [5.74, 6) is 0.585. The van der Waals surface area contributed by atoms with Gasteiger partial charge in [0, 0.05) is 6.04 Å². The molecule has 19 heavy (non-hydrogen) atoms. The van der Waals surface area contributed by atoms with Crippen LogP contribution in [-0.2, 0) is 6.42 Å². The SMILES string of the molecule is CCCNC(Cc1cc(F)ccc1C)CC(C)CC. The van der Waals surface area contributed by atoms with E-state index < -0.39 is 0 Å². The molecule has 0 saturated carbocycles. The van der Waals surface area contributed by atoms with Crippen LogP contribution >= 0.6 is 0 Å². The van der Waals surface area contributed by atoms with E-state index in [2.05, 4.69) is 33.0 Å². The van der Waals surface area contributed by atoms with Crippen LogP contribution in [0, 0.1) is 18.7 Å². The van der Waals surface area contributed by atoms with E-state index in [1.807, 2.05) is 6.07 Å². The van der Waals surface area contributed by atoms with Gasteiger partial charge >= 0.3 is 0 Å². The normalized spacial score (nSPS) is 14.4. The highest BCUT2D eigenvalue weighted by Gasteiger charge is 2.14. The summed E-state index contributed by atoms with van der Waals surface area (Å²) in [5.41, 5.74) is 2.32. The van der Waals surface area contributed by atoms with Crippen molar-refractivity contribution in [2.45, 2.75) is 59.4 Å². The van der Waals surface area contributed by atoms with E-state index in [4.69, 9.17) is 0 Å². The largest absolute Gasteiger partial charge is 0.314 e. The number of benzene rings is 1. The number of halogens is 1. The van der Waals surface area contributed by atoms with Crippen LogP contribution in [0.5, 0.6) is 0 Å². The Morgan fingerprint density at radius 3 is 2.63 bits per heavy atom. The van der Waals surface area contributed by atoms with E-state index in [-0.39, 0.29) is 5.82 Å². The lowest BCUT2D eigenvalue weighted by atomic mass is 9.93. The highest BCUT2D eigenvalue weighted by molar-refractivity contribution is 5.27. The first kappa shape index (κ1) is 16.2. The van der Waals surface area contributed by atoms with Crippen molar-refractivity contribution in [3.05, 3.63) is 35.1 Å². The molecule has 2 atom stereocenters. The summed E-state index contributed by atoms with van der Waals surface area (Å²) >= 11 is 0. The molecule has 0 amide bonds. The molecule has 1 nitrogen and oxygen atoms in total. The van der Waals surface area contributed by atoms with E-state index >= 15 is 0 Å². The van der Waals surface area contributed by atoms with Gasteiger partial charge < -0.3 is 5.32 Å². The maximum absolute atomic E-state index is 13.4. The Labute approximate surface area is 117 Å². The summed E-state index contributed by atoms with van der Waals surface area (Å²) < 4.78 is 13.4. The lowest BCUT2D eigenvalue weighted by Gasteiger charge is -2.22. The minimum Gasteiger partial charge on any atom is -0.314 e. The Morgan fingerprint density at radius 1 is 1.26 bits per heavy atom. The van der Waals surface area contributed by atoms with Crippen molar-refractivity contribution in [1.82, 2.24) is 5.32 Å². The fourth-order valence-electron chi connectivity index (χ4n) is 2.37. The fraction of sp³-hybridized carbons (Fsp3) is 0.647. The number of nitrogens with one attached hydrogen (secondary N) is 1. The van der Waals surface area contributed by atoms with Gasteiger partial charge in [0.25, 0.3) is 0 Å². The number of hydrogen-bond acceptors (Lipinski definition) is 1. The van der Waals surface area contributed by atoms with Crippen LogP contribution in [0.15, 0.2) is 18.2 Å². The maximum Gasteiger partial charge on any atom is 0.123 e. The average Bonchev–Trinajstić information content (AvgIpc) is 2.39. The zero-order valence-corrected chi connectivity index (χ0v) is 12.8. The molecule has 0 fully saturated rings. The van der Waals surface area contributed by atoms with Crippen molar-refractivity contribution in [2.24, 2.45) is 5.92 Å². The molecule has 1 rings (SSSR count). The van der Waals surface area contributed by atoms with Crippen LogP contribution in [0.3, 0.4) is 0 Å². The van der Waals surface area contributed by atoms with Crippen LogP contribution < -0.4 is 5.32 Å². The second-order valence-corrected chi connectivity index (χ2v) is 5.68. The molecule has 2 heteroatoms. The maximum atomic E-state index is 13.4. The summed E-state index contributed by atoms with van der Waals surface area (Å²) in [6.07, 6.45) is 4.42. The predicted molar refractivity (Wildman–Crippen MR) is 81.0 cm³/mol. The van der Waals surface area contributed by atoms with Gasteiger partial charge in [0.2, 0.25) is 0 Å². The van der Waals surface area contributed by atoms with Gasteiger partial charge in [0.15, 0.2) is 0 Å². The summed E-state index contributed by atoms with van der Waals surface area (Å²) in [5, 5.41) is 3.61. The minimum atomic E-state index is -0.126. The Bertz CT molecular complexity index is 376. The van der Waals surface area contributed by atoms with Crippen LogP contribution in [-0.4, -0.2) is 12.6 Å². The summed E-state index contributed by atoms with van der Waals surface area (Å²) in [6.45, 7) is 9.80. The molecule has 0 aliphatic carbocycles. The second kappa shape index (κ2) is 8.31. The monoisotopic (exact) mass is 265 g/mol. The van der Waals surface area contributed by atoms with Gasteiger partial charge in [-0.2, -0.15) is 0 Å². The Kier molecular flexibility index (Phi) is 7.07. The number of rotatable bonds is 8. The van der Waals surface area contributed by atoms with Crippen molar-refractivity contribution in [2.75, 3.05) is 6.54 Å². The highest BCUT2D eigenvalue weighted by Crippen LogP contribution is 2.17. The molecule has 0 aliphatic heterocycles. The molecule has 0 spiro atoms. The lowest BCUT2D eigenvalue weighted by Crippen LogP contribution is -2.33. The first-order valence-corrected chi connectivity index (χ1v) is 7.55. The van der Waals surface area contributed by atoms with E-state index in [1.165, 1.54) is 12.0 Å². The topological polar surface area (TPSA) is 12.0 Å². The molecule has 1 aromatic rings. The van der Waals surface area contributed by atoms with Gasteiger partial charge in [0.1, 0.15) is 5.82 Å². The molecule has 0 saturated heterocycles. The van der Waals surface area contributed by atoms with Crippen molar-refractivity contribution < 1.29 is 4.39 Å². The molecule has 108 valence electrons. The highest BCUT2D eigenvalue weighted by atomic mass is 19.1. The molecule has 0 heterocycles. The second-order valence-electron chi connectivity index (χ2n) is 5.68. The standard InChI is InChI=1S/C17H28FN/c1-5-9-19-17(10-13(3)6-2)12-15-11-16(18)8-7-14(15)4/h7-8,11,13,17,19H,5-6,9-10,12H2,1-4H3. The van der Waals surface area contributed by atoms with E-state index in [0.717, 1.165) is 31.4 Å². The van der Waals surface area contributed by atoms with E-state index in [9.17, 15) is 4.39 Å². The van der Waals surface area contributed by atoms with E-state index in [1.54, 1.807) is 12.1 Å². The van der Waals surface area contributed by atoms with Gasteiger partial charge in [0.05, 0.1) is 0 Å². The molecular formula is C17H28FN. The first-order chi connectivity index (χ1) is 9.06. The molecule has 2 unspecified atom stereocenters. The van der Waals surface area contributed by atoms with Crippen LogP contribution in [0.1, 0.15) is 51.2 Å².